The van der Waals surface area contributed by atoms with Gasteiger partial charge in [0.15, 0.2) is 5.82 Å². The molecule has 1 aliphatic carbocycles. The lowest BCUT2D eigenvalue weighted by Gasteiger charge is -2.16. The van der Waals surface area contributed by atoms with Crippen LogP contribution in [-0.2, 0) is 4.79 Å². The molecule has 1 unspecified atom stereocenters. The number of tetrazole rings is 1. The minimum atomic E-state index is -0.853. The van der Waals surface area contributed by atoms with Gasteiger partial charge in [0.25, 0.3) is 0 Å². The summed E-state index contributed by atoms with van der Waals surface area (Å²) in [5, 5.41) is 21.3. The molecule has 0 spiro atoms. The van der Waals surface area contributed by atoms with E-state index in [2.05, 4.69) is 31.5 Å². The van der Waals surface area contributed by atoms with Crippen LogP contribution in [0.2, 0.25) is 5.02 Å². The van der Waals surface area contributed by atoms with Crippen LogP contribution in [0.5, 0.6) is 0 Å². The second kappa shape index (κ2) is 5.73. The Kier molecular flexibility index (Phi) is 3.95. The topological polar surface area (TPSA) is 80.9 Å². The number of aromatic nitrogens is 4. The van der Waals surface area contributed by atoms with Crippen molar-refractivity contribution in [3.05, 3.63) is 27.7 Å². The number of rotatable bonds is 5. The highest BCUT2D eigenvalue weighted by Crippen LogP contribution is 2.43. The number of benzene rings is 1. The lowest BCUT2D eigenvalue weighted by Crippen LogP contribution is -2.18. The zero-order valence-electron chi connectivity index (χ0n) is 10.9. The van der Waals surface area contributed by atoms with Gasteiger partial charge in [-0.05, 0) is 57.2 Å². The maximum Gasteiger partial charge on any atom is 0.305 e. The standard InChI is InChI=1S/C13H12BrClN4O2/c14-9-3-1-2-8(12(9)15)13-16-17-18-19(13)10(6-11(20)21)7-4-5-7/h1-3,7,10H,4-6H2,(H,20,21). The molecule has 8 heteroatoms. The SMILES string of the molecule is O=C(O)CC(C1CC1)n1nnnc1-c1cccc(Br)c1Cl. The number of hydrogen-bond donors (Lipinski definition) is 1. The largest absolute Gasteiger partial charge is 0.481 e. The molecule has 0 radical (unpaired) electrons. The molecule has 0 aliphatic heterocycles. The Morgan fingerprint density at radius 2 is 2.29 bits per heavy atom. The molecule has 1 N–H and O–H groups in total. The van der Waals surface area contributed by atoms with Gasteiger partial charge in [0, 0.05) is 10.0 Å². The van der Waals surface area contributed by atoms with E-state index in [0.29, 0.717) is 22.3 Å². The Labute approximate surface area is 134 Å². The van der Waals surface area contributed by atoms with E-state index in [9.17, 15) is 4.79 Å². The average molecular weight is 372 g/mol. The quantitative estimate of drug-likeness (QED) is 0.873. The molecule has 1 aliphatic rings. The summed E-state index contributed by atoms with van der Waals surface area (Å²) >= 11 is 9.66. The van der Waals surface area contributed by atoms with Crippen LogP contribution >= 0.6 is 27.5 Å². The van der Waals surface area contributed by atoms with E-state index in [1.807, 2.05) is 18.2 Å². The third-order valence-electron chi connectivity index (χ3n) is 3.55. The second-order valence-corrected chi connectivity index (χ2v) is 6.28. The lowest BCUT2D eigenvalue weighted by atomic mass is 10.1. The van der Waals surface area contributed by atoms with Crippen LogP contribution in [0.1, 0.15) is 25.3 Å². The first kappa shape index (κ1) is 14.5. The minimum Gasteiger partial charge on any atom is -0.481 e. The maximum absolute atomic E-state index is 11.1. The highest BCUT2D eigenvalue weighted by molar-refractivity contribution is 9.10. The van der Waals surface area contributed by atoms with Crippen molar-refractivity contribution in [3.63, 3.8) is 0 Å². The molecular weight excluding hydrogens is 360 g/mol. The van der Waals surface area contributed by atoms with Crippen LogP contribution in [0, 0.1) is 5.92 Å². The summed E-state index contributed by atoms with van der Waals surface area (Å²) in [5.41, 5.74) is 0.687. The van der Waals surface area contributed by atoms with Gasteiger partial charge in [-0.1, -0.05) is 17.7 Å². The predicted octanol–water partition coefficient (Wildman–Crippen LogP) is 3.18. The second-order valence-electron chi connectivity index (χ2n) is 5.05. The van der Waals surface area contributed by atoms with E-state index in [1.54, 1.807) is 4.68 Å². The summed E-state index contributed by atoms with van der Waals surface area (Å²) in [6.45, 7) is 0. The van der Waals surface area contributed by atoms with Crippen molar-refractivity contribution in [2.75, 3.05) is 0 Å². The van der Waals surface area contributed by atoms with Crippen LogP contribution < -0.4 is 0 Å². The molecule has 1 saturated carbocycles. The van der Waals surface area contributed by atoms with Crippen LogP contribution in [0.15, 0.2) is 22.7 Å². The van der Waals surface area contributed by atoms with Crippen molar-refractivity contribution in [2.24, 2.45) is 5.92 Å². The highest BCUT2D eigenvalue weighted by Gasteiger charge is 2.36. The number of nitrogens with zero attached hydrogens (tertiary/aromatic N) is 4. The van der Waals surface area contributed by atoms with Crippen molar-refractivity contribution in [1.82, 2.24) is 20.2 Å². The number of carbonyl (C=O) groups is 1. The Bertz CT molecular complexity index is 687. The fourth-order valence-corrected chi connectivity index (χ4v) is 2.96. The van der Waals surface area contributed by atoms with E-state index in [4.69, 9.17) is 16.7 Å². The number of carboxylic acid groups (broad SMARTS) is 1. The summed E-state index contributed by atoms with van der Waals surface area (Å²) < 4.78 is 2.34. The Hall–Kier alpha value is -1.47. The van der Waals surface area contributed by atoms with E-state index < -0.39 is 5.97 Å². The lowest BCUT2D eigenvalue weighted by molar-refractivity contribution is -0.138. The van der Waals surface area contributed by atoms with Gasteiger partial charge in [0.1, 0.15) is 0 Å². The van der Waals surface area contributed by atoms with Gasteiger partial charge in [-0.3, -0.25) is 4.79 Å². The van der Waals surface area contributed by atoms with Crippen molar-refractivity contribution in [2.45, 2.75) is 25.3 Å². The number of aliphatic carboxylic acids is 1. The molecule has 1 atom stereocenters. The van der Waals surface area contributed by atoms with Crippen LogP contribution in [0.25, 0.3) is 11.4 Å². The first-order valence-electron chi connectivity index (χ1n) is 6.52. The molecule has 0 amide bonds. The normalized spacial score (nSPS) is 15.9. The summed E-state index contributed by atoms with van der Waals surface area (Å²) in [7, 11) is 0. The van der Waals surface area contributed by atoms with E-state index in [-0.39, 0.29) is 12.5 Å². The van der Waals surface area contributed by atoms with Crippen LogP contribution in [0.3, 0.4) is 0 Å². The Balaban J connectivity index is 2.03. The molecule has 1 heterocycles. The van der Waals surface area contributed by atoms with Crippen molar-refractivity contribution in [1.29, 1.82) is 0 Å². The van der Waals surface area contributed by atoms with Gasteiger partial charge in [-0.25, -0.2) is 4.68 Å². The molecule has 0 saturated heterocycles. The number of carboxylic acids is 1. The molecule has 2 aromatic rings. The van der Waals surface area contributed by atoms with Gasteiger partial charge in [-0.2, -0.15) is 0 Å². The summed E-state index contributed by atoms with van der Waals surface area (Å²) in [6.07, 6.45) is 2.02. The fraction of sp³-hybridized carbons (Fsp3) is 0.385. The summed E-state index contributed by atoms with van der Waals surface area (Å²) in [6, 6.07) is 5.26. The van der Waals surface area contributed by atoms with Crippen LogP contribution in [-0.4, -0.2) is 31.3 Å². The Morgan fingerprint density at radius 3 is 2.95 bits per heavy atom. The molecule has 1 aromatic carbocycles. The summed E-state index contributed by atoms with van der Waals surface area (Å²) in [4.78, 5) is 11.1. The van der Waals surface area contributed by atoms with E-state index in [1.165, 1.54) is 0 Å². The Morgan fingerprint density at radius 1 is 1.52 bits per heavy atom. The van der Waals surface area contributed by atoms with Crippen molar-refractivity contribution >= 4 is 33.5 Å². The average Bonchev–Trinajstić information content (AvgIpc) is 3.17. The molecule has 110 valence electrons. The smallest absolute Gasteiger partial charge is 0.305 e. The first-order valence-corrected chi connectivity index (χ1v) is 7.69. The van der Waals surface area contributed by atoms with Crippen molar-refractivity contribution < 1.29 is 9.90 Å². The number of hydrogen-bond acceptors (Lipinski definition) is 4. The van der Waals surface area contributed by atoms with Gasteiger partial charge < -0.3 is 5.11 Å². The van der Waals surface area contributed by atoms with Gasteiger partial charge in [-0.15, -0.1) is 5.10 Å². The minimum absolute atomic E-state index is 0.00826. The number of halogens is 2. The first-order chi connectivity index (χ1) is 10.1. The van der Waals surface area contributed by atoms with Crippen molar-refractivity contribution in [3.8, 4) is 11.4 Å². The molecule has 21 heavy (non-hydrogen) atoms. The maximum atomic E-state index is 11.1. The fourth-order valence-electron chi connectivity index (χ4n) is 2.38. The molecule has 1 fully saturated rings. The van der Waals surface area contributed by atoms with Gasteiger partial charge in [0.05, 0.1) is 17.5 Å². The highest BCUT2D eigenvalue weighted by atomic mass is 79.9. The summed E-state index contributed by atoms with van der Waals surface area (Å²) in [5.74, 6) is -0.0394. The van der Waals surface area contributed by atoms with E-state index >= 15 is 0 Å². The molecule has 3 rings (SSSR count). The molecule has 0 bridgehead atoms. The predicted molar refractivity (Wildman–Crippen MR) is 80.0 cm³/mol. The third kappa shape index (κ3) is 2.94. The monoisotopic (exact) mass is 370 g/mol. The zero-order valence-corrected chi connectivity index (χ0v) is 13.3. The molecular formula is C13H12BrClN4O2. The molecule has 1 aromatic heterocycles. The van der Waals surface area contributed by atoms with E-state index in [0.717, 1.165) is 17.3 Å². The van der Waals surface area contributed by atoms with Gasteiger partial charge in [0.2, 0.25) is 0 Å². The van der Waals surface area contributed by atoms with Gasteiger partial charge >= 0.3 is 5.97 Å². The zero-order chi connectivity index (χ0) is 15.0. The van der Waals surface area contributed by atoms with Crippen LogP contribution in [0.4, 0.5) is 0 Å². The molecule has 6 nitrogen and oxygen atoms in total. The third-order valence-corrected chi connectivity index (χ3v) is 4.85.